The average molecular weight is 206 g/mol. The Hall–Kier alpha value is -0.820. The Morgan fingerprint density at radius 3 is 1.87 bits per heavy atom. The molecule has 84 valence electrons. The molecule has 0 aliphatic heterocycles. The molecule has 0 bridgehead atoms. The van der Waals surface area contributed by atoms with Crippen LogP contribution in [0.5, 0.6) is 0 Å². The van der Waals surface area contributed by atoms with Gasteiger partial charge >= 0.3 is 0 Å². The summed E-state index contributed by atoms with van der Waals surface area (Å²) in [5.41, 5.74) is 1.52. The molecular formula is C14H22O. The number of hydrogen-bond acceptors (Lipinski definition) is 1. The predicted octanol–water partition coefficient (Wildman–Crippen LogP) is 3.49. The van der Waals surface area contributed by atoms with Crippen LogP contribution in [0.4, 0.5) is 0 Å². The molecule has 0 radical (unpaired) electrons. The minimum Gasteiger partial charge on any atom is -0.385 e. The molecule has 15 heavy (non-hydrogen) atoms. The Morgan fingerprint density at radius 1 is 1.00 bits per heavy atom. The third-order valence-electron chi connectivity index (χ3n) is 3.34. The molecule has 0 aromatic heterocycles. The van der Waals surface area contributed by atoms with Crippen molar-refractivity contribution in [1.82, 2.24) is 0 Å². The zero-order valence-electron chi connectivity index (χ0n) is 10.4. The summed E-state index contributed by atoms with van der Waals surface area (Å²) in [6.45, 7) is 10.4. The van der Waals surface area contributed by atoms with Gasteiger partial charge in [0.2, 0.25) is 0 Å². The van der Waals surface area contributed by atoms with Crippen molar-refractivity contribution in [3.8, 4) is 0 Å². The smallest absolute Gasteiger partial charge is 0.0944 e. The molecular weight excluding hydrogens is 184 g/mol. The van der Waals surface area contributed by atoms with E-state index in [2.05, 4.69) is 40.7 Å². The second-order valence-electron chi connectivity index (χ2n) is 4.95. The first-order valence-electron chi connectivity index (χ1n) is 5.69. The SMILES string of the molecule is Cc1ccccc1C(O)(C(C)C)C(C)C. The Kier molecular flexibility index (Phi) is 3.56. The monoisotopic (exact) mass is 206 g/mol. The summed E-state index contributed by atoms with van der Waals surface area (Å²) in [6, 6.07) is 8.11. The van der Waals surface area contributed by atoms with Crippen LogP contribution in [0.25, 0.3) is 0 Å². The van der Waals surface area contributed by atoms with Crippen LogP contribution in [-0.4, -0.2) is 5.11 Å². The van der Waals surface area contributed by atoms with Crippen molar-refractivity contribution in [1.29, 1.82) is 0 Å². The summed E-state index contributed by atoms with van der Waals surface area (Å²) in [7, 11) is 0. The van der Waals surface area contributed by atoms with Crippen LogP contribution >= 0.6 is 0 Å². The topological polar surface area (TPSA) is 20.2 Å². The van der Waals surface area contributed by atoms with Gasteiger partial charge in [-0.25, -0.2) is 0 Å². The zero-order chi connectivity index (χ0) is 11.6. The van der Waals surface area contributed by atoms with E-state index >= 15 is 0 Å². The van der Waals surface area contributed by atoms with Gasteiger partial charge in [-0.05, 0) is 29.9 Å². The molecule has 0 atom stereocenters. The van der Waals surface area contributed by atoms with Gasteiger partial charge in [-0.15, -0.1) is 0 Å². The van der Waals surface area contributed by atoms with Gasteiger partial charge in [-0.1, -0.05) is 52.0 Å². The van der Waals surface area contributed by atoms with Crippen molar-refractivity contribution in [2.45, 2.75) is 40.2 Å². The van der Waals surface area contributed by atoms with Gasteiger partial charge in [0, 0.05) is 0 Å². The molecule has 0 saturated carbocycles. The van der Waals surface area contributed by atoms with E-state index in [-0.39, 0.29) is 11.8 Å². The van der Waals surface area contributed by atoms with E-state index in [1.807, 2.05) is 18.2 Å². The lowest BCUT2D eigenvalue weighted by molar-refractivity contribution is -0.0536. The molecule has 0 amide bonds. The molecule has 1 rings (SSSR count). The molecule has 0 heterocycles. The van der Waals surface area contributed by atoms with E-state index in [9.17, 15) is 5.11 Å². The normalized spacial score (nSPS) is 12.5. The third kappa shape index (κ3) is 2.07. The first-order valence-corrected chi connectivity index (χ1v) is 5.69. The fourth-order valence-electron chi connectivity index (χ4n) is 2.31. The summed E-state index contributed by atoms with van der Waals surface area (Å²) in [4.78, 5) is 0. The second kappa shape index (κ2) is 4.36. The highest BCUT2D eigenvalue weighted by atomic mass is 16.3. The predicted molar refractivity (Wildman–Crippen MR) is 64.8 cm³/mol. The molecule has 1 aromatic rings. The highest BCUT2D eigenvalue weighted by molar-refractivity contribution is 5.32. The number of aliphatic hydroxyl groups is 1. The van der Waals surface area contributed by atoms with Crippen LogP contribution in [0.15, 0.2) is 24.3 Å². The number of hydrogen-bond donors (Lipinski definition) is 1. The molecule has 1 N–H and O–H groups in total. The Morgan fingerprint density at radius 2 is 1.47 bits per heavy atom. The second-order valence-corrected chi connectivity index (χ2v) is 4.95. The van der Waals surface area contributed by atoms with Crippen molar-refractivity contribution in [2.24, 2.45) is 11.8 Å². The largest absolute Gasteiger partial charge is 0.385 e. The number of aryl methyl sites for hydroxylation is 1. The summed E-state index contributed by atoms with van der Waals surface area (Å²) < 4.78 is 0. The molecule has 0 aliphatic rings. The molecule has 0 saturated heterocycles. The number of benzene rings is 1. The Balaban J connectivity index is 3.28. The lowest BCUT2D eigenvalue weighted by atomic mass is 9.74. The molecule has 1 heteroatoms. The minimum atomic E-state index is -0.717. The van der Waals surface area contributed by atoms with Gasteiger partial charge in [-0.3, -0.25) is 0 Å². The van der Waals surface area contributed by atoms with Gasteiger partial charge < -0.3 is 5.11 Å². The van der Waals surface area contributed by atoms with Crippen LogP contribution in [0.1, 0.15) is 38.8 Å². The summed E-state index contributed by atoms with van der Waals surface area (Å²) in [5.74, 6) is 0.442. The maximum Gasteiger partial charge on any atom is 0.0944 e. The van der Waals surface area contributed by atoms with Crippen LogP contribution in [0, 0.1) is 18.8 Å². The van der Waals surface area contributed by atoms with Crippen molar-refractivity contribution < 1.29 is 5.11 Å². The highest BCUT2D eigenvalue weighted by Crippen LogP contribution is 2.38. The van der Waals surface area contributed by atoms with Gasteiger partial charge in [0.1, 0.15) is 0 Å². The van der Waals surface area contributed by atoms with Gasteiger partial charge in [-0.2, -0.15) is 0 Å². The molecule has 0 fully saturated rings. The van der Waals surface area contributed by atoms with Gasteiger partial charge in [0.05, 0.1) is 5.60 Å². The minimum absolute atomic E-state index is 0.221. The van der Waals surface area contributed by atoms with Crippen LogP contribution in [0.3, 0.4) is 0 Å². The maximum atomic E-state index is 10.8. The molecule has 1 nitrogen and oxygen atoms in total. The van der Waals surface area contributed by atoms with Crippen LogP contribution in [0.2, 0.25) is 0 Å². The lowest BCUT2D eigenvalue weighted by Gasteiger charge is -2.37. The lowest BCUT2D eigenvalue weighted by Crippen LogP contribution is -2.38. The Bertz CT molecular complexity index is 318. The Labute approximate surface area is 93.1 Å². The van der Waals surface area contributed by atoms with Crippen molar-refractivity contribution in [3.05, 3.63) is 35.4 Å². The van der Waals surface area contributed by atoms with Crippen molar-refractivity contribution in [2.75, 3.05) is 0 Å². The average Bonchev–Trinajstić information content (AvgIpc) is 2.16. The van der Waals surface area contributed by atoms with Crippen LogP contribution < -0.4 is 0 Å². The molecule has 1 aromatic carbocycles. The number of rotatable bonds is 3. The third-order valence-corrected chi connectivity index (χ3v) is 3.34. The van der Waals surface area contributed by atoms with E-state index in [0.29, 0.717) is 0 Å². The van der Waals surface area contributed by atoms with Crippen molar-refractivity contribution >= 4 is 0 Å². The quantitative estimate of drug-likeness (QED) is 0.802. The summed E-state index contributed by atoms with van der Waals surface area (Å²) in [5, 5.41) is 10.8. The van der Waals surface area contributed by atoms with E-state index in [1.165, 1.54) is 5.56 Å². The molecule has 0 spiro atoms. The van der Waals surface area contributed by atoms with Crippen molar-refractivity contribution in [3.63, 3.8) is 0 Å². The van der Waals surface area contributed by atoms with Gasteiger partial charge in [0.15, 0.2) is 0 Å². The van der Waals surface area contributed by atoms with E-state index in [4.69, 9.17) is 0 Å². The first kappa shape index (κ1) is 12.3. The zero-order valence-corrected chi connectivity index (χ0v) is 10.4. The fraction of sp³-hybridized carbons (Fsp3) is 0.571. The van der Waals surface area contributed by atoms with E-state index in [0.717, 1.165) is 5.56 Å². The standard InChI is InChI=1S/C14H22O/c1-10(2)14(15,11(3)4)13-9-7-6-8-12(13)5/h6-11,15H,1-5H3. The molecule has 0 aliphatic carbocycles. The van der Waals surface area contributed by atoms with E-state index < -0.39 is 5.60 Å². The van der Waals surface area contributed by atoms with Crippen LogP contribution in [-0.2, 0) is 5.60 Å². The fourth-order valence-corrected chi connectivity index (χ4v) is 2.31. The van der Waals surface area contributed by atoms with E-state index in [1.54, 1.807) is 0 Å². The van der Waals surface area contributed by atoms with Gasteiger partial charge in [0.25, 0.3) is 0 Å². The highest BCUT2D eigenvalue weighted by Gasteiger charge is 2.37. The maximum absolute atomic E-state index is 10.8. The summed E-state index contributed by atoms with van der Waals surface area (Å²) >= 11 is 0. The summed E-state index contributed by atoms with van der Waals surface area (Å²) in [6.07, 6.45) is 0. The molecule has 0 unspecified atom stereocenters. The first-order chi connectivity index (χ1) is 6.90.